The number of rotatable bonds is 3. The molecule has 7 heteroatoms. The summed E-state index contributed by atoms with van der Waals surface area (Å²) in [7, 11) is 1.31. The van der Waals surface area contributed by atoms with Gasteiger partial charge in [0.2, 0.25) is 0 Å². The number of esters is 1. The van der Waals surface area contributed by atoms with Gasteiger partial charge in [-0.3, -0.25) is 0 Å². The van der Waals surface area contributed by atoms with Crippen LogP contribution in [0.5, 0.6) is 0 Å². The van der Waals surface area contributed by atoms with Gasteiger partial charge in [-0.2, -0.15) is 0 Å². The monoisotopic (exact) mass is 357 g/mol. The quantitative estimate of drug-likeness (QED) is 0.858. The van der Waals surface area contributed by atoms with Crippen molar-refractivity contribution in [2.24, 2.45) is 0 Å². The molecule has 136 valence electrons. The summed E-state index contributed by atoms with van der Waals surface area (Å²) >= 11 is 0. The normalized spacial score (nSPS) is 14.1. The van der Waals surface area contributed by atoms with E-state index >= 15 is 0 Å². The molecule has 0 atom stereocenters. The maximum Gasteiger partial charge on any atom is 0.337 e. The highest BCUT2D eigenvalue weighted by molar-refractivity contribution is 5.94. The number of halogens is 1. The summed E-state index contributed by atoms with van der Waals surface area (Å²) in [6.07, 6.45) is 0. The van der Waals surface area contributed by atoms with Crippen LogP contribution in [0.15, 0.2) is 48.5 Å². The number of nitrogens with zero attached hydrogens (tertiary/aromatic N) is 2. The summed E-state index contributed by atoms with van der Waals surface area (Å²) in [6.45, 7) is 2.30. The maximum atomic E-state index is 13.4. The molecule has 1 fully saturated rings. The van der Waals surface area contributed by atoms with Crippen LogP contribution in [-0.2, 0) is 4.74 Å². The van der Waals surface area contributed by atoms with Crippen molar-refractivity contribution in [2.45, 2.75) is 0 Å². The highest BCUT2D eigenvalue weighted by atomic mass is 19.1. The molecule has 0 spiro atoms. The molecule has 2 aromatic carbocycles. The molecule has 3 rings (SSSR count). The zero-order valence-corrected chi connectivity index (χ0v) is 14.4. The largest absolute Gasteiger partial charge is 0.465 e. The number of hydrogen-bond acceptors (Lipinski definition) is 4. The number of amides is 2. The van der Waals surface area contributed by atoms with Crippen molar-refractivity contribution in [1.82, 2.24) is 4.90 Å². The summed E-state index contributed by atoms with van der Waals surface area (Å²) in [4.78, 5) is 27.7. The first-order chi connectivity index (χ1) is 12.6. The second kappa shape index (κ2) is 7.86. The Hall–Kier alpha value is -3.09. The lowest BCUT2D eigenvalue weighted by atomic mass is 10.2. The Morgan fingerprint density at radius 3 is 2.46 bits per heavy atom. The Labute approximate surface area is 151 Å². The third-order valence-corrected chi connectivity index (χ3v) is 4.28. The van der Waals surface area contributed by atoms with Crippen molar-refractivity contribution in [2.75, 3.05) is 43.5 Å². The van der Waals surface area contributed by atoms with Crippen LogP contribution in [-0.4, -0.2) is 50.2 Å². The van der Waals surface area contributed by atoms with Gasteiger partial charge in [-0.15, -0.1) is 0 Å². The Bertz CT molecular complexity index is 804. The third-order valence-electron chi connectivity index (χ3n) is 4.28. The standard InChI is InChI=1S/C19H20FN3O3/c1-26-18(24)14-4-2-6-16(12-14)21-19(25)23-10-8-22(9-11-23)17-7-3-5-15(20)13-17/h2-7,12-13H,8-11H2,1H3,(H,21,25). The van der Waals surface area contributed by atoms with Crippen LogP contribution >= 0.6 is 0 Å². The van der Waals surface area contributed by atoms with E-state index in [1.54, 1.807) is 35.2 Å². The third kappa shape index (κ3) is 4.11. The van der Waals surface area contributed by atoms with E-state index < -0.39 is 5.97 Å². The van der Waals surface area contributed by atoms with E-state index in [1.807, 2.05) is 11.0 Å². The minimum Gasteiger partial charge on any atom is -0.465 e. The summed E-state index contributed by atoms with van der Waals surface area (Å²) in [5, 5.41) is 2.80. The number of piperazine rings is 1. The number of nitrogens with one attached hydrogen (secondary N) is 1. The lowest BCUT2D eigenvalue weighted by Crippen LogP contribution is -2.50. The van der Waals surface area contributed by atoms with Gasteiger partial charge in [-0.05, 0) is 36.4 Å². The van der Waals surface area contributed by atoms with Crippen LogP contribution in [0.25, 0.3) is 0 Å². The molecule has 2 aromatic rings. The topological polar surface area (TPSA) is 61.9 Å². The van der Waals surface area contributed by atoms with Gasteiger partial charge in [0.1, 0.15) is 5.82 Å². The van der Waals surface area contributed by atoms with Crippen LogP contribution in [0.2, 0.25) is 0 Å². The number of hydrogen-bond donors (Lipinski definition) is 1. The Morgan fingerprint density at radius 2 is 1.77 bits per heavy atom. The van der Waals surface area contributed by atoms with Gasteiger partial charge < -0.3 is 19.9 Å². The van der Waals surface area contributed by atoms with E-state index in [9.17, 15) is 14.0 Å². The first kappa shape index (κ1) is 17.7. The van der Waals surface area contributed by atoms with Crippen molar-refractivity contribution in [3.8, 4) is 0 Å². The van der Waals surface area contributed by atoms with Crippen LogP contribution in [0.1, 0.15) is 10.4 Å². The second-order valence-electron chi connectivity index (χ2n) is 5.96. The summed E-state index contributed by atoms with van der Waals surface area (Å²) in [5.74, 6) is -0.724. The molecule has 0 saturated carbocycles. The SMILES string of the molecule is COC(=O)c1cccc(NC(=O)N2CCN(c3cccc(F)c3)CC2)c1. The first-order valence-electron chi connectivity index (χ1n) is 8.31. The first-order valence-corrected chi connectivity index (χ1v) is 8.31. The van der Waals surface area contributed by atoms with Gasteiger partial charge in [0.15, 0.2) is 0 Å². The highest BCUT2D eigenvalue weighted by Gasteiger charge is 2.21. The zero-order chi connectivity index (χ0) is 18.5. The summed E-state index contributed by atoms with van der Waals surface area (Å²) < 4.78 is 18.0. The smallest absolute Gasteiger partial charge is 0.337 e. The highest BCUT2D eigenvalue weighted by Crippen LogP contribution is 2.18. The van der Waals surface area contributed by atoms with Gasteiger partial charge in [-0.1, -0.05) is 12.1 Å². The molecule has 1 heterocycles. The molecule has 1 saturated heterocycles. The minimum atomic E-state index is -0.454. The van der Waals surface area contributed by atoms with E-state index in [4.69, 9.17) is 0 Å². The molecule has 2 amide bonds. The Morgan fingerprint density at radius 1 is 1.04 bits per heavy atom. The number of carbonyl (C=O) groups is 2. The van der Waals surface area contributed by atoms with Crippen molar-refractivity contribution < 1.29 is 18.7 Å². The molecule has 0 aromatic heterocycles. The van der Waals surface area contributed by atoms with Gasteiger partial charge in [0.05, 0.1) is 12.7 Å². The van der Waals surface area contributed by atoms with Crippen molar-refractivity contribution in [1.29, 1.82) is 0 Å². The molecule has 6 nitrogen and oxygen atoms in total. The Kier molecular flexibility index (Phi) is 5.36. The number of anilines is 2. The molecule has 1 aliphatic rings. The van der Waals surface area contributed by atoms with Crippen molar-refractivity contribution >= 4 is 23.4 Å². The van der Waals surface area contributed by atoms with Crippen LogP contribution in [0.4, 0.5) is 20.6 Å². The van der Waals surface area contributed by atoms with Crippen LogP contribution in [0, 0.1) is 5.82 Å². The maximum absolute atomic E-state index is 13.4. The number of urea groups is 1. The van der Waals surface area contributed by atoms with Crippen molar-refractivity contribution in [3.63, 3.8) is 0 Å². The van der Waals surface area contributed by atoms with E-state index in [1.165, 1.54) is 19.2 Å². The molecule has 0 radical (unpaired) electrons. The molecular formula is C19H20FN3O3. The second-order valence-corrected chi connectivity index (χ2v) is 5.96. The molecule has 26 heavy (non-hydrogen) atoms. The van der Waals surface area contributed by atoms with Gasteiger partial charge >= 0.3 is 12.0 Å². The number of benzene rings is 2. The van der Waals surface area contributed by atoms with E-state index in [0.717, 1.165) is 5.69 Å². The van der Waals surface area contributed by atoms with E-state index in [0.29, 0.717) is 37.4 Å². The van der Waals surface area contributed by atoms with Gasteiger partial charge in [0, 0.05) is 37.6 Å². The molecule has 1 aliphatic heterocycles. The molecular weight excluding hydrogens is 337 g/mol. The molecule has 0 bridgehead atoms. The van der Waals surface area contributed by atoms with Crippen LogP contribution < -0.4 is 10.2 Å². The predicted molar refractivity (Wildman–Crippen MR) is 97.0 cm³/mol. The average molecular weight is 357 g/mol. The molecule has 1 N–H and O–H groups in total. The van der Waals surface area contributed by atoms with Gasteiger partial charge in [-0.25, -0.2) is 14.0 Å². The molecule has 0 unspecified atom stereocenters. The lowest BCUT2D eigenvalue weighted by Gasteiger charge is -2.36. The van der Waals surface area contributed by atoms with E-state index in [-0.39, 0.29) is 11.8 Å². The fraction of sp³-hybridized carbons (Fsp3) is 0.263. The summed E-state index contributed by atoms with van der Waals surface area (Å²) in [6, 6.07) is 12.8. The van der Waals surface area contributed by atoms with Crippen molar-refractivity contribution in [3.05, 3.63) is 59.9 Å². The van der Waals surface area contributed by atoms with Crippen LogP contribution in [0.3, 0.4) is 0 Å². The fourth-order valence-corrected chi connectivity index (χ4v) is 2.88. The number of methoxy groups -OCH3 is 1. The number of carbonyl (C=O) groups excluding carboxylic acids is 2. The predicted octanol–water partition coefficient (Wildman–Crippen LogP) is 2.97. The van der Waals surface area contributed by atoms with E-state index in [2.05, 4.69) is 10.1 Å². The fourth-order valence-electron chi connectivity index (χ4n) is 2.88. The Balaban J connectivity index is 1.58. The number of ether oxygens (including phenoxy) is 1. The van der Waals surface area contributed by atoms with Gasteiger partial charge in [0.25, 0.3) is 0 Å². The zero-order valence-electron chi connectivity index (χ0n) is 14.4. The lowest BCUT2D eigenvalue weighted by molar-refractivity contribution is 0.0600. The minimum absolute atomic E-state index is 0.231. The summed E-state index contributed by atoms with van der Waals surface area (Å²) in [5.41, 5.74) is 1.72. The average Bonchev–Trinajstić information content (AvgIpc) is 2.67. The molecule has 0 aliphatic carbocycles.